The maximum absolute atomic E-state index is 12.1. The molecular weight excluding hydrogens is 277 g/mol. The van der Waals surface area contributed by atoms with Crippen LogP contribution in [-0.2, 0) is 0 Å². The van der Waals surface area contributed by atoms with Gasteiger partial charge in [-0.1, -0.05) is 29.3 Å². The maximum Gasteiger partial charge on any atom is 0.166 e. The van der Waals surface area contributed by atoms with E-state index in [1.54, 1.807) is 18.2 Å². The molecule has 0 spiro atoms. The second-order valence-electron chi connectivity index (χ2n) is 3.95. The van der Waals surface area contributed by atoms with Crippen molar-refractivity contribution < 1.29 is 4.79 Å². The number of ketones is 1. The van der Waals surface area contributed by atoms with Crippen LogP contribution in [0.25, 0.3) is 0 Å². The van der Waals surface area contributed by atoms with Crippen LogP contribution in [0.5, 0.6) is 0 Å². The molecule has 1 aromatic rings. The molecule has 0 radical (unpaired) electrons. The van der Waals surface area contributed by atoms with Gasteiger partial charge in [-0.15, -0.1) is 0 Å². The summed E-state index contributed by atoms with van der Waals surface area (Å²) >= 11 is 13.8. The molecule has 0 aliphatic carbocycles. The van der Waals surface area contributed by atoms with Crippen LogP contribution >= 0.6 is 35.0 Å². The largest absolute Gasteiger partial charge is 0.312 e. The molecule has 17 heavy (non-hydrogen) atoms. The Balaban J connectivity index is 2.06. The smallest absolute Gasteiger partial charge is 0.166 e. The number of hydrogen-bond donors (Lipinski definition) is 1. The lowest BCUT2D eigenvalue weighted by molar-refractivity contribution is 0.0972. The van der Waals surface area contributed by atoms with Crippen molar-refractivity contribution in [3.63, 3.8) is 0 Å². The van der Waals surface area contributed by atoms with Gasteiger partial charge in [-0.2, -0.15) is 11.8 Å². The van der Waals surface area contributed by atoms with Crippen molar-refractivity contribution in [2.24, 2.45) is 0 Å². The number of halogens is 2. The number of carbonyl (C=O) groups is 1. The van der Waals surface area contributed by atoms with E-state index in [4.69, 9.17) is 23.2 Å². The lowest BCUT2D eigenvalue weighted by atomic mass is 10.0. The van der Waals surface area contributed by atoms with Crippen molar-refractivity contribution in [2.45, 2.75) is 12.5 Å². The van der Waals surface area contributed by atoms with Gasteiger partial charge >= 0.3 is 0 Å². The van der Waals surface area contributed by atoms with Crippen molar-refractivity contribution in [1.29, 1.82) is 0 Å². The van der Waals surface area contributed by atoms with Gasteiger partial charge in [-0.25, -0.2) is 0 Å². The molecule has 0 saturated carbocycles. The van der Waals surface area contributed by atoms with Gasteiger partial charge in [0.05, 0.1) is 10.0 Å². The molecule has 1 aliphatic rings. The van der Waals surface area contributed by atoms with Gasteiger partial charge in [0.2, 0.25) is 0 Å². The topological polar surface area (TPSA) is 29.1 Å². The van der Waals surface area contributed by atoms with Crippen molar-refractivity contribution in [3.05, 3.63) is 33.8 Å². The minimum atomic E-state index is 0.0532. The summed E-state index contributed by atoms with van der Waals surface area (Å²) in [7, 11) is 0. The van der Waals surface area contributed by atoms with Gasteiger partial charge in [0.15, 0.2) is 5.78 Å². The molecule has 1 heterocycles. The van der Waals surface area contributed by atoms with Crippen LogP contribution in [0.4, 0.5) is 0 Å². The van der Waals surface area contributed by atoms with E-state index in [0.29, 0.717) is 22.0 Å². The summed E-state index contributed by atoms with van der Waals surface area (Å²) in [5.41, 5.74) is 0.525. The zero-order chi connectivity index (χ0) is 12.3. The Morgan fingerprint density at radius 1 is 1.47 bits per heavy atom. The molecule has 1 unspecified atom stereocenters. The number of nitrogens with one attached hydrogen (secondary N) is 1. The highest BCUT2D eigenvalue weighted by Crippen LogP contribution is 2.27. The number of benzene rings is 1. The Bertz CT molecular complexity index is 419. The zero-order valence-corrected chi connectivity index (χ0v) is 11.5. The van der Waals surface area contributed by atoms with E-state index in [1.165, 1.54) is 0 Å². The van der Waals surface area contributed by atoms with Gasteiger partial charge in [0.1, 0.15) is 0 Å². The van der Waals surface area contributed by atoms with E-state index in [2.05, 4.69) is 5.32 Å². The van der Waals surface area contributed by atoms with Crippen LogP contribution in [-0.4, -0.2) is 29.9 Å². The van der Waals surface area contributed by atoms with Gasteiger partial charge in [-0.3, -0.25) is 4.79 Å². The highest BCUT2D eigenvalue weighted by molar-refractivity contribution is 7.99. The predicted molar refractivity (Wildman–Crippen MR) is 74.5 cm³/mol. The van der Waals surface area contributed by atoms with E-state index in [0.717, 1.165) is 18.1 Å². The second-order valence-corrected chi connectivity index (χ2v) is 5.89. The summed E-state index contributed by atoms with van der Waals surface area (Å²) in [5, 5.41) is 4.13. The van der Waals surface area contributed by atoms with E-state index >= 15 is 0 Å². The van der Waals surface area contributed by atoms with Crippen molar-refractivity contribution in [1.82, 2.24) is 5.32 Å². The zero-order valence-electron chi connectivity index (χ0n) is 9.21. The van der Waals surface area contributed by atoms with Crippen molar-refractivity contribution in [3.8, 4) is 0 Å². The normalized spacial score (nSPS) is 20.2. The van der Waals surface area contributed by atoms with Crippen LogP contribution in [0, 0.1) is 0 Å². The highest BCUT2D eigenvalue weighted by atomic mass is 35.5. The molecule has 0 amide bonds. The standard InChI is InChI=1S/C12H13Cl2NOS/c13-10-3-1-2-9(12(10)14)11(16)6-8-7-17-5-4-15-8/h1-3,8,15H,4-7H2. The third-order valence-electron chi connectivity index (χ3n) is 2.68. The number of thioether (sulfide) groups is 1. The third kappa shape index (κ3) is 3.38. The quantitative estimate of drug-likeness (QED) is 0.866. The first kappa shape index (κ1) is 13.2. The molecule has 0 aromatic heterocycles. The van der Waals surface area contributed by atoms with E-state index in [1.807, 2.05) is 11.8 Å². The monoisotopic (exact) mass is 289 g/mol. The molecule has 1 atom stereocenters. The molecule has 1 saturated heterocycles. The van der Waals surface area contributed by atoms with Crippen LogP contribution < -0.4 is 5.32 Å². The molecule has 0 bridgehead atoms. The number of carbonyl (C=O) groups excluding carboxylic acids is 1. The van der Waals surface area contributed by atoms with Gasteiger partial charge in [0.25, 0.3) is 0 Å². The van der Waals surface area contributed by atoms with E-state index in [-0.39, 0.29) is 11.8 Å². The summed E-state index contributed by atoms with van der Waals surface area (Å²) in [6, 6.07) is 5.42. The molecule has 1 aliphatic heterocycles. The predicted octanol–water partition coefficient (Wildman–Crippen LogP) is 3.27. The van der Waals surface area contributed by atoms with Crippen LogP contribution in [0.3, 0.4) is 0 Å². The fourth-order valence-corrected chi connectivity index (χ4v) is 3.16. The summed E-state index contributed by atoms with van der Waals surface area (Å²) in [4.78, 5) is 12.1. The van der Waals surface area contributed by atoms with Crippen LogP contribution in [0.1, 0.15) is 16.8 Å². The molecular formula is C12H13Cl2NOS. The lowest BCUT2D eigenvalue weighted by Crippen LogP contribution is -2.38. The van der Waals surface area contributed by atoms with Crippen molar-refractivity contribution in [2.75, 3.05) is 18.1 Å². The minimum absolute atomic E-state index is 0.0532. The Hall–Kier alpha value is -0.220. The van der Waals surface area contributed by atoms with E-state index < -0.39 is 0 Å². The fourth-order valence-electron chi connectivity index (χ4n) is 1.80. The summed E-state index contributed by atoms with van der Waals surface area (Å²) in [6.07, 6.45) is 0.479. The summed E-state index contributed by atoms with van der Waals surface area (Å²) in [5.74, 6) is 2.14. The number of Topliss-reactive ketones (excluding diaryl/α,β-unsaturated/α-hetero) is 1. The summed E-state index contributed by atoms with van der Waals surface area (Å²) < 4.78 is 0. The average Bonchev–Trinajstić information content (AvgIpc) is 2.34. The highest BCUT2D eigenvalue weighted by Gasteiger charge is 2.19. The molecule has 2 nitrogen and oxygen atoms in total. The second kappa shape index (κ2) is 6.10. The maximum atomic E-state index is 12.1. The Labute approximate surface area is 115 Å². The Kier molecular flexibility index (Phi) is 4.74. The van der Waals surface area contributed by atoms with E-state index in [9.17, 15) is 4.79 Å². The first-order chi connectivity index (χ1) is 8.18. The first-order valence-corrected chi connectivity index (χ1v) is 7.38. The Morgan fingerprint density at radius 3 is 3.00 bits per heavy atom. The molecule has 1 fully saturated rings. The van der Waals surface area contributed by atoms with Gasteiger partial charge in [0, 0.05) is 36.1 Å². The molecule has 92 valence electrons. The average molecular weight is 290 g/mol. The molecule has 1 aromatic carbocycles. The fraction of sp³-hybridized carbons (Fsp3) is 0.417. The van der Waals surface area contributed by atoms with Gasteiger partial charge < -0.3 is 5.32 Å². The summed E-state index contributed by atoms with van der Waals surface area (Å²) in [6.45, 7) is 0.964. The SMILES string of the molecule is O=C(CC1CSCCN1)c1cccc(Cl)c1Cl. The van der Waals surface area contributed by atoms with Crippen LogP contribution in [0.15, 0.2) is 18.2 Å². The van der Waals surface area contributed by atoms with Crippen LogP contribution in [0.2, 0.25) is 10.0 Å². The minimum Gasteiger partial charge on any atom is -0.312 e. The molecule has 1 N–H and O–H groups in total. The molecule has 2 rings (SSSR count). The first-order valence-electron chi connectivity index (χ1n) is 5.47. The number of rotatable bonds is 3. The number of hydrogen-bond acceptors (Lipinski definition) is 3. The Morgan fingerprint density at radius 2 is 2.29 bits per heavy atom. The van der Waals surface area contributed by atoms with Crippen molar-refractivity contribution >= 4 is 40.7 Å². The lowest BCUT2D eigenvalue weighted by Gasteiger charge is -2.22. The van der Waals surface area contributed by atoms with Gasteiger partial charge in [-0.05, 0) is 12.1 Å². The molecule has 5 heteroatoms. The third-order valence-corrected chi connectivity index (χ3v) is 4.63.